The van der Waals surface area contributed by atoms with Gasteiger partial charge < -0.3 is 15.6 Å². The number of aromatic nitrogens is 1. The lowest BCUT2D eigenvalue weighted by atomic mass is 10.1. The predicted octanol–water partition coefficient (Wildman–Crippen LogP) is 2.09. The van der Waals surface area contributed by atoms with Gasteiger partial charge in [0.1, 0.15) is 0 Å². The SMILES string of the molecule is CC(C)CCNC(N)=NCc1ccn(C)c1.I. The Morgan fingerprint density at radius 2 is 2.24 bits per heavy atom. The first-order valence-corrected chi connectivity index (χ1v) is 5.72. The summed E-state index contributed by atoms with van der Waals surface area (Å²) in [6, 6.07) is 2.05. The summed E-state index contributed by atoms with van der Waals surface area (Å²) < 4.78 is 2.01. The minimum absolute atomic E-state index is 0. The van der Waals surface area contributed by atoms with Gasteiger partial charge >= 0.3 is 0 Å². The number of hydrogen-bond donors (Lipinski definition) is 2. The van der Waals surface area contributed by atoms with Crippen molar-refractivity contribution in [2.75, 3.05) is 6.54 Å². The van der Waals surface area contributed by atoms with Crippen LogP contribution < -0.4 is 11.1 Å². The summed E-state index contributed by atoms with van der Waals surface area (Å²) in [6.07, 6.45) is 5.17. The van der Waals surface area contributed by atoms with Crippen molar-refractivity contribution in [3.8, 4) is 0 Å². The Morgan fingerprint density at radius 3 is 2.76 bits per heavy atom. The second kappa shape index (κ2) is 8.38. The average Bonchev–Trinajstić information content (AvgIpc) is 2.61. The van der Waals surface area contributed by atoms with E-state index in [0.717, 1.165) is 13.0 Å². The second-order valence-electron chi connectivity index (χ2n) is 4.50. The van der Waals surface area contributed by atoms with Crippen molar-refractivity contribution in [2.45, 2.75) is 26.8 Å². The fourth-order valence-corrected chi connectivity index (χ4v) is 1.38. The molecule has 1 aromatic rings. The van der Waals surface area contributed by atoms with Crippen molar-refractivity contribution >= 4 is 29.9 Å². The molecule has 0 unspecified atom stereocenters. The van der Waals surface area contributed by atoms with Gasteiger partial charge in [0.25, 0.3) is 0 Å². The summed E-state index contributed by atoms with van der Waals surface area (Å²) in [5.74, 6) is 1.22. The molecule has 1 rings (SSSR count). The minimum atomic E-state index is 0. The minimum Gasteiger partial charge on any atom is -0.370 e. The zero-order valence-corrected chi connectivity index (χ0v) is 13.1. The van der Waals surface area contributed by atoms with Gasteiger partial charge in [0.05, 0.1) is 6.54 Å². The van der Waals surface area contributed by atoms with E-state index in [0.29, 0.717) is 18.4 Å². The van der Waals surface area contributed by atoms with Crippen molar-refractivity contribution < 1.29 is 0 Å². The second-order valence-corrected chi connectivity index (χ2v) is 4.50. The number of aliphatic imine (C=N–C) groups is 1. The number of nitrogens with zero attached hydrogens (tertiary/aromatic N) is 2. The maximum atomic E-state index is 5.75. The molecule has 0 aliphatic heterocycles. The van der Waals surface area contributed by atoms with Gasteiger partial charge in [-0.3, -0.25) is 0 Å². The molecule has 0 aromatic carbocycles. The molecule has 0 aliphatic rings. The van der Waals surface area contributed by atoms with Crippen LogP contribution in [0, 0.1) is 5.92 Å². The van der Waals surface area contributed by atoms with Gasteiger partial charge in [0, 0.05) is 26.0 Å². The molecular weight excluding hydrogens is 327 g/mol. The lowest BCUT2D eigenvalue weighted by Gasteiger charge is -2.07. The molecule has 0 saturated carbocycles. The van der Waals surface area contributed by atoms with Crippen LogP contribution in [0.25, 0.3) is 0 Å². The number of aryl methyl sites for hydroxylation is 1. The third kappa shape index (κ3) is 7.25. The summed E-state index contributed by atoms with van der Waals surface area (Å²) in [7, 11) is 2.00. The molecule has 0 amide bonds. The largest absolute Gasteiger partial charge is 0.370 e. The van der Waals surface area contributed by atoms with Gasteiger partial charge in [-0.2, -0.15) is 0 Å². The van der Waals surface area contributed by atoms with Crippen LogP contribution in [0.5, 0.6) is 0 Å². The van der Waals surface area contributed by atoms with Gasteiger partial charge in [0.15, 0.2) is 5.96 Å². The van der Waals surface area contributed by atoms with Gasteiger partial charge in [-0.15, -0.1) is 24.0 Å². The molecule has 4 nitrogen and oxygen atoms in total. The number of rotatable bonds is 5. The lowest BCUT2D eigenvalue weighted by molar-refractivity contribution is 0.576. The molecule has 0 spiro atoms. The Balaban J connectivity index is 0.00000256. The molecule has 1 aromatic heterocycles. The molecule has 3 N–H and O–H groups in total. The van der Waals surface area contributed by atoms with Crippen LogP contribution in [0.3, 0.4) is 0 Å². The molecule has 0 fully saturated rings. The molecule has 1 heterocycles. The fourth-order valence-electron chi connectivity index (χ4n) is 1.38. The van der Waals surface area contributed by atoms with Gasteiger partial charge in [-0.1, -0.05) is 13.8 Å². The molecule has 98 valence electrons. The van der Waals surface area contributed by atoms with Crippen LogP contribution in [0.2, 0.25) is 0 Å². The van der Waals surface area contributed by atoms with Gasteiger partial charge in [0.2, 0.25) is 0 Å². The highest BCUT2D eigenvalue weighted by molar-refractivity contribution is 14.0. The highest BCUT2D eigenvalue weighted by atomic mass is 127. The molecule has 0 saturated heterocycles. The lowest BCUT2D eigenvalue weighted by Crippen LogP contribution is -2.32. The van der Waals surface area contributed by atoms with E-state index in [9.17, 15) is 0 Å². The maximum Gasteiger partial charge on any atom is 0.188 e. The van der Waals surface area contributed by atoms with Crippen molar-refractivity contribution in [1.82, 2.24) is 9.88 Å². The maximum absolute atomic E-state index is 5.75. The van der Waals surface area contributed by atoms with Crippen molar-refractivity contribution in [3.05, 3.63) is 24.0 Å². The standard InChI is InChI=1S/C12H22N4.HI/c1-10(2)4-6-14-12(13)15-8-11-5-7-16(3)9-11;/h5,7,9-10H,4,6,8H2,1-3H3,(H3,13,14,15);1H. The Bertz CT molecular complexity index is 344. The van der Waals surface area contributed by atoms with Crippen LogP contribution in [-0.4, -0.2) is 17.1 Å². The predicted molar refractivity (Wildman–Crippen MR) is 83.6 cm³/mol. The Hall–Kier alpha value is -0.720. The van der Waals surface area contributed by atoms with E-state index in [1.807, 2.05) is 30.1 Å². The number of hydrogen-bond acceptors (Lipinski definition) is 1. The number of guanidine groups is 1. The summed E-state index contributed by atoms with van der Waals surface area (Å²) in [6.45, 7) is 5.92. The normalized spacial score (nSPS) is 11.4. The van der Waals surface area contributed by atoms with Gasteiger partial charge in [-0.05, 0) is 24.0 Å². The molecule has 0 bridgehead atoms. The van der Waals surface area contributed by atoms with E-state index in [2.05, 4.69) is 24.2 Å². The van der Waals surface area contributed by atoms with E-state index in [1.54, 1.807) is 0 Å². The highest BCUT2D eigenvalue weighted by Crippen LogP contribution is 2.01. The first-order valence-electron chi connectivity index (χ1n) is 5.72. The van der Waals surface area contributed by atoms with Crippen molar-refractivity contribution in [2.24, 2.45) is 23.7 Å². The molecular formula is C12H23IN4. The van der Waals surface area contributed by atoms with Crippen LogP contribution in [0.1, 0.15) is 25.8 Å². The quantitative estimate of drug-likeness (QED) is 0.485. The number of nitrogens with one attached hydrogen (secondary N) is 1. The molecule has 5 heteroatoms. The number of nitrogens with two attached hydrogens (primary N) is 1. The van der Waals surface area contributed by atoms with E-state index in [1.165, 1.54) is 5.56 Å². The van der Waals surface area contributed by atoms with Crippen LogP contribution in [0.4, 0.5) is 0 Å². The highest BCUT2D eigenvalue weighted by Gasteiger charge is 1.96. The van der Waals surface area contributed by atoms with E-state index >= 15 is 0 Å². The van der Waals surface area contributed by atoms with E-state index in [4.69, 9.17) is 5.73 Å². The zero-order valence-electron chi connectivity index (χ0n) is 10.8. The van der Waals surface area contributed by atoms with Crippen LogP contribution >= 0.6 is 24.0 Å². The van der Waals surface area contributed by atoms with Crippen molar-refractivity contribution in [1.29, 1.82) is 0 Å². The zero-order chi connectivity index (χ0) is 12.0. The first kappa shape index (κ1) is 16.3. The molecule has 0 radical (unpaired) electrons. The summed E-state index contributed by atoms with van der Waals surface area (Å²) in [4.78, 5) is 4.27. The third-order valence-electron chi connectivity index (χ3n) is 2.35. The molecule has 0 atom stereocenters. The monoisotopic (exact) mass is 350 g/mol. The molecule has 17 heavy (non-hydrogen) atoms. The van der Waals surface area contributed by atoms with Gasteiger partial charge in [-0.25, -0.2) is 4.99 Å². The van der Waals surface area contributed by atoms with Crippen LogP contribution in [0.15, 0.2) is 23.5 Å². The Morgan fingerprint density at radius 1 is 1.53 bits per heavy atom. The first-order chi connectivity index (χ1) is 7.58. The van der Waals surface area contributed by atoms with E-state index < -0.39 is 0 Å². The van der Waals surface area contributed by atoms with Crippen molar-refractivity contribution in [3.63, 3.8) is 0 Å². The summed E-state index contributed by atoms with van der Waals surface area (Å²) in [5, 5.41) is 3.11. The summed E-state index contributed by atoms with van der Waals surface area (Å²) in [5.41, 5.74) is 6.92. The van der Waals surface area contributed by atoms with Crippen LogP contribution in [-0.2, 0) is 13.6 Å². The smallest absolute Gasteiger partial charge is 0.188 e. The fraction of sp³-hybridized carbons (Fsp3) is 0.583. The Labute approximate surface area is 121 Å². The average molecular weight is 350 g/mol. The Kier molecular flexibility index (Phi) is 8.03. The molecule has 0 aliphatic carbocycles. The topological polar surface area (TPSA) is 55.3 Å². The summed E-state index contributed by atoms with van der Waals surface area (Å²) >= 11 is 0. The van der Waals surface area contributed by atoms with E-state index in [-0.39, 0.29) is 24.0 Å². The third-order valence-corrected chi connectivity index (χ3v) is 2.35. The number of halogens is 1.